The molecule has 0 saturated carbocycles. The molecule has 0 atom stereocenters. The average molecular weight is 367 g/mol. The third kappa shape index (κ3) is 3.84. The van der Waals surface area contributed by atoms with Crippen molar-refractivity contribution in [3.8, 4) is 0 Å². The van der Waals surface area contributed by atoms with Crippen molar-refractivity contribution >= 4 is 22.8 Å². The van der Waals surface area contributed by atoms with Crippen molar-refractivity contribution in [2.24, 2.45) is 0 Å². The lowest BCUT2D eigenvalue weighted by molar-refractivity contribution is -0.121. The first-order chi connectivity index (χ1) is 13.2. The van der Waals surface area contributed by atoms with Crippen LogP contribution in [-0.2, 0) is 17.9 Å². The van der Waals surface area contributed by atoms with Gasteiger partial charge in [0, 0.05) is 19.3 Å². The lowest BCUT2D eigenvalue weighted by Crippen LogP contribution is -2.32. The molecule has 140 valence electrons. The van der Waals surface area contributed by atoms with Gasteiger partial charge in [-0.1, -0.05) is 12.1 Å². The van der Waals surface area contributed by atoms with Gasteiger partial charge in [0.15, 0.2) is 5.58 Å². The highest BCUT2D eigenvalue weighted by atomic mass is 16.4. The van der Waals surface area contributed by atoms with E-state index in [1.54, 1.807) is 30.5 Å². The summed E-state index contributed by atoms with van der Waals surface area (Å²) in [6.45, 7) is 2.10. The summed E-state index contributed by atoms with van der Waals surface area (Å²) in [5.41, 5.74) is 1.06. The summed E-state index contributed by atoms with van der Waals surface area (Å²) in [7, 11) is 0. The summed E-state index contributed by atoms with van der Waals surface area (Å²) in [6, 6.07) is 8.92. The number of rotatable bonds is 5. The second-order valence-electron chi connectivity index (χ2n) is 6.58. The summed E-state index contributed by atoms with van der Waals surface area (Å²) in [4.78, 5) is 35.3. The molecule has 3 heterocycles. The smallest absolute Gasteiger partial charge is 0.408 e. The van der Waals surface area contributed by atoms with Gasteiger partial charge in [-0.2, -0.15) is 0 Å². The maximum Gasteiger partial charge on any atom is 0.420 e. The summed E-state index contributed by atoms with van der Waals surface area (Å²) >= 11 is 0. The van der Waals surface area contributed by atoms with E-state index in [0.29, 0.717) is 16.9 Å². The van der Waals surface area contributed by atoms with Crippen LogP contribution in [-0.4, -0.2) is 33.5 Å². The summed E-state index contributed by atoms with van der Waals surface area (Å²) in [5, 5.41) is 2.78. The molecule has 1 N–H and O–H groups in total. The molecule has 0 bridgehead atoms. The molecule has 8 heteroatoms. The van der Waals surface area contributed by atoms with E-state index in [4.69, 9.17) is 4.42 Å². The molecule has 0 spiro atoms. The van der Waals surface area contributed by atoms with E-state index in [1.165, 1.54) is 23.8 Å². The highest BCUT2D eigenvalue weighted by molar-refractivity contribution is 5.79. The lowest BCUT2D eigenvalue weighted by atomic mass is 10.1. The molecule has 27 heavy (non-hydrogen) atoms. The van der Waals surface area contributed by atoms with Gasteiger partial charge in [-0.25, -0.2) is 14.8 Å². The zero-order valence-electron chi connectivity index (χ0n) is 14.9. The zero-order chi connectivity index (χ0) is 18.6. The van der Waals surface area contributed by atoms with Gasteiger partial charge < -0.3 is 14.6 Å². The summed E-state index contributed by atoms with van der Waals surface area (Å²) in [6.07, 6.45) is 5.31. The molecule has 4 rings (SSSR count). The minimum Gasteiger partial charge on any atom is -0.408 e. The predicted molar refractivity (Wildman–Crippen MR) is 100 cm³/mol. The number of nitrogens with one attached hydrogen (secondary N) is 1. The third-order valence-electron chi connectivity index (χ3n) is 4.69. The quantitative estimate of drug-likeness (QED) is 0.738. The Labute approximate surface area is 155 Å². The second-order valence-corrected chi connectivity index (χ2v) is 6.58. The third-order valence-corrected chi connectivity index (χ3v) is 4.69. The van der Waals surface area contributed by atoms with Crippen LogP contribution in [0.15, 0.2) is 45.7 Å². The topological polar surface area (TPSA) is 93.3 Å². The van der Waals surface area contributed by atoms with Crippen molar-refractivity contribution in [2.45, 2.75) is 32.4 Å². The van der Waals surface area contributed by atoms with Gasteiger partial charge in [-0.05, 0) is 37.5 Å². The minimum atomic E-state index is -0.547. The molecule has 3 aromatic rings. The van der Waals surface area contributed by atoms with Crippen LogP contribution in [0.5, 0.6) is 0 Å². The van der Waals surface area contributed by atoms with Crippen molar-refractivity contribution in [3.05, 3.63) is 52.9 Å². The number of hydrogen-bond acceptors (Lipinski definition) is 6. The van der Waals surface area contributed by atoms with E-state index in [9.17, 15) is 9.59 Å². The van der Waals surface area contributed by atoms with Gasteiger partial charge in [0.2, 0.25) is 5.91 Å². The average Bonchev–Trinajstić information content (AvgIpc) is 3.02. The number of oxazole rings is 1. The van der Waals surface area contributed by atoms with E-state index < -0.39 is 5.76 Å². The molecule has 0 aliphatic carbocycles. The van der Waals surface area contributed by atoms with Crippen LogP contribution in [0.4, 0.5) is 5.82 Å². The Bertz CT molecular complexity index is 1000. The van der Waals surface area contributed by atoms with Gasteiger partial charge in [-0.3, -0.25) is 9.36 Å². The number of carbonyl (C=O) groups excluding carboxylic acids is 1. The molecule has 1 aliphatic rings. The van der Waals surface area contributed by atoms with E-state index in [2.05, 4.69) is 20.2 Å². The maximum absolute atomic E-state index is 12.3. The van der Waals surface area contributed by atoms with Crippen LogP contribution < -0.4 is 16.0 Å². The van der Waals surface area contributed by atoms with Crippen molar-refractivity contribution in [3.63, 3.8) is 0 Å². The van der Waals surface area contributed by atoms with Crippen LogP contribution in [0.3, 0.4) is 0 Å². The number of para-hydroxylation sites is 2. The maximum atomic E-state index is 12.3. The number of anilines is 1. The summed E-state index contributed by atoms with van der Waals surface area (Å²) < 4.78 is 6.46. The molecule has 0 radical (unpaired) electrons. The molecule has 2 aromatic heterocycles. The first-order valence-corrected chi connectivity index (χ1v) is 9.13. The molecule has 1 amide bonds. The van der Waals surface area contributed by atoms with Crippen LogP contribution in [0.2, 0.25) is 0 Å². The number of carbonyl (C=O) groups is 1. The number of benzene rings is 1. The molecule has 1 saturated heterocycles. The van der Waals surface area contributed by atoms with E-state index in [-0.39, 0.29) is 19.0 Å². The normalized spacial score (nSPS) is 14.4. The van der Waals surface area contributed by atoms with Crippen molar-refractivity contribution in [2.75, 3.05) is 18.0 Å². The number of aromatic nitrogens is 3. The fourth-order valence-electron chi connectivity index (χ4n) is 3.31. The van der Waals surface area contributed by atoms with Crippen LogP contribution in [0, 0.1) is 0 Å². The number of nitrogens with zero attached hydrogens (tertiary/aromatic N) is 4. The molecule has 8 nitrogen and oxygen atoms in total. The Balaban J connectivity index is 1.40. The van der Waals surface area contributed by atoms with Gasteiger partial charge in [0.1, 0.15) is 18.2 Å². The fourth-order valence-corrected chi connectivity index (χ4v) is 3.31. The molecule has 1 aromatic carbocycles. The standard InChI is InChI=1S/C19H21N5O3/c25-18(13-24-14-6-2-3-7-15(14)27-19(24)26)21-12-16-20-9-8-17(22-16)23-10-4-1-5-11-23/h2-3,6-9H,1,4-5,10-13H2,(H,21,25). The highest BCUT2D eigenvalue weighted by Crippen LogP contribution is 2.17. The monoisotopic (exact) mass is 367 g/mol. The Morgan fingerprint density at radius 1 is 1.15 bits per heavy atom. The largest absolute Gasteiger partial charge is 0.420 e. The van der Waals surface area contributed by atoms with Crippen molar-refractivity contribution in [1.29, 1.82) is 0 Å². The van der Waals surface area contributed by atoms with Gasteiger partial charge in [0.25, 0.3) is 0 Å². The number of piperidine rings is 1. The molecular weight excluding hydrogens is 346 g/mol. The van der Waals surface area contributed by atoms with Crippen molar-refractivity contribution < 1.29 is 9.21 Å². The van der Waals surface area contributed by atoms with Crippen LogP contribution in [0.25, 0.3) is 11.1 Å². The highest BCUT2D eigenvalue weighted by Gasteiger charge is 2.14. The van der Waals surface area contributed by atoms with Gasteiger partial charge >= 0.3 is 5.76 Å². The summed E-state index contributed by atoms with van der Waals surface area (Å²) in [5.74, 6) is 0.604. The number of amides is 1. The molecule has 1 aliphatic heterocycles. The first kappa shape index (κ1) is 17.3. The number of hydrogen-bond donors (Lipinski definition) is 1. The number of fused-ring (bicyclic) bond motifs is 1. The van der Waals surface area contributed by atoms with Crippen molar-refractivity contribution in [1.82, 2.24) is 19.9 Å². The van der Waals surface area contributed by atoms with Gasteiger partial charge in [0.05, 0.1) is 12.1 Å². The molecule has 0 unspecified atom stereocenters. The predicted octanol–water partition coefficient (Wildman–Crippen LogP) is 1.69. The van der Waals surface area contributed by atoms with E-state index in [1.807, 2.05) is 6.07 Å². The Kier molecular flexibility index (Phi) is 4.86. The molecule has 1 fully saturated rings. The zero-order valence-corrected chi connectivity index (χ0v) is 14.9. The van der Waals surface area contributed by atoms with Crippen LogP contribution >= 0.6 is 0 Å². The Morgan fingerprint density at radius 2 is 1.96 bits per heavy atom. The Morgan fingerprint density at radius 3 is 2.81 bits per heavy atom. The first-order valence-electron chi connectivity index (χ1n) is 9.13. The second kappa shape index (κ2) is 7.61. The van der Waals surface area contributed by atoms with Crippen LogP contribution in [0.1, 0.15) is 25.1 Å². The van der Waals surface area contributed by atoms with Gasteiger partial charge in [-0.15, -0.1) is 0 Å². The van der Waals surface area contributed by atoms with E-state index in [0.717, 1.165) is 18.9 Å². The van der Waals surface area contributed by atoms with E-state index >= 15 is 0 Å². The molecular formula is C19H21N5O3. The Hall–Kier alpha value is -3.16. The SMILES string of the molecule is O=C(Cn1c(=O)oc2ccccc21)NCc1nccc(N2CCCCC2)n1. The lowest BCUT2D eigenvalue weighted by Gasteiger charge is -2.27. The fraction of sp³-hybridized carbons (Fsp3) is 0.368. The minimum absolute atomic E-state index is 0.109.